The average Bonchev–Trinajstić information content (AvgIpc) is 3.10. The Morgan fingerprint density at radius 3 is 2.67 bits per heavy atom. The second kappa shape index (κ2) is 7.90. The van der Waals surface area contributed by atoms with E-state index < -0.39 is 0 Å². The number of benzene rings is 1. The van der Waals surface area contributed by atoms with Crippen molar-refractivity contribution in [1.82, 2.24) is 10.3 Å². The number of halogens is 1. The van der Waals surface area contributed by atoms with E-state index in [1.165, 1.54) is 37.8 Å². The number of rotatable bonds is 6. The monoisotopic (exact) mass is 327 g/mol. The van der Waals surface area contributed by atoms with E-state index >= 15 is 0 Å². The lowest BCUT2D eigenvalue weighted by Crippen LogP contribution is -2.26. The van der Waals surface area contributed by atoms with Gasteiger partial charge >= 0.3 is 0 Å². The molecule has 0 bridgehead atoms. The minimum absolute atomic E-state index is 0.188. The molecule has 5 heteroatoms. The molecule has 0 saturated heterocycles. The molecular weight excluding hydrogens is 305 g/mol. The number of pyridine rings is 1. The van der Waals surface area contributed by atoms with Crippen molar-refractivity contribution in [3.63, 3.8) is 0 Å². The zero-order valence-corrected chi connectivity index (χ0v) is 13.6. The number of hydrogen-bond acceptors (Lipinski definition) is 3. The molecule has 24 heavy (non-hydrogen) atoms. The molecule has 0 aliphatic heterocycles. The summed E-state index contributed by atoms with van der Waals surface area (Å²) in [6, 6.07) is 10.5. The van der Waals surface area contributed by atoms with Crippen molar-refractivity contribution in [1.29, 1.82) is 0 Å². The molecule has 1 heterocycles. The molecule has 1 aliphatic carbocycles. The Kier molecular flexibility index (Phi) is 5.41. The summed E-state index contributed by atoms with van der Waals surface area (Å²) >= 11 is 0. The fraction of sp³-hybridized carbons (Fsp3) is 0.368. The lowest BCUT2D eigenvalue weighted by molar-refractivity contribution is 0.0949. The van der Waals surface area contributed by atoms with Crippen molar-refractivity contribution in [3.8, 4) is 0 Å². The first-order chi connectivity index (χ1) is 11.7. The minimum Gasteiger partial charge on any atom is -0.382 e. The average molecular weight is 327 g/mol. The van der Waals surface area contributed by atoms with E-state index in [0.29, 0.717) is 24.7 Å². The standard InChI is InChI=1S/C19H22FN3O/c20-15-7-5-14(6-8-15)9-11-22-19(24)18-13-17(10-12-21-18)23-16-3-1-2-4-16/h5-8,10,12-13,16H,1-4,9,11H2,(H,21,23)(H,22,24). The molecule has 1 aromatic heterocycles. The fourth-order valence-corrected chi connectivity index (χ4v) is 3.01. The molecule has 1 aromatic carbocycles. The number of nitrogens with one attached hydrogen (secondary N) is 2. The van der Waals surface area contributed by atoms with Gasteiger partial charge in [0.2, 0.25) is 0 Å². The second-order valence-corrected chi connectivity index (χ2v) is 6.19. The molecule has 126 valence electrons. The van der Waals surface area contributed by atoms with Crippen LogP contribution in [-0.2, 0) is 6.42 Å². The third-order valence-electron chi connectivity index (χ3n) is 4.33. The van der Waals surface area contributed by atoms with E-state index in [2.05, 4.69) is 15.6 Å². The third-order valence-corrected chi connectivity index (χ3v) is 4.33. The van der Waals surface area contributed by atoms with Crippen molar-refractivity contribution in [2.75, 3.05) is 11.9 Å². The molecule has 1 amide bonds. The quantitative estimate of drug-likeness (QED) is 0.853. The van der Waals surface area contributed by atoms with Gasteiger partial charge in [0.15, 0.2) is 0 Å². The minimum atomic E-state index is -0.251. The number of aromatic nitrogens is 1. The Morgan fingerprint density at radius 2 is 1.92 bits per heavy atom. The lowest BCUT2D eigenvalue weighted by Gasteiger charge is -2.14. The molecule has 1 fully saturated rings. The number of nitrogens with zero attached hydrogens (tertiary/aromatic N) is 1. The SMILES string of the molecule is O=C(NCCc1ccc(F)cc1)c1cc(NC2CCCC2)ccn1. The molecule has 1 saturated carbocycles. The van der Waals surface area contributed by atoms with Crippen molar-refractivity contribution in [2.24, 2.45) is 0 Å². The summed E-state index contributed by atoms with van der Waals surface area (Å²) in [7, 11) is 0. The van der Waals surface area contributed by atoms with Crippen LogP contribution in [0, 0.1) is 5.82 Å². The topological polar surface area (TPSA) is 54.0 Å². The summed E-state index contributed by atoms with van der Waals surface area (Å²) in [5, 5.41) is 6.33. The maximum Gasteiger partial charge on any atom is 0.269 e. The van der Waals surface area contributed by atoms with Gasteiger partial charge in [-0.1, -0.05) is 25.0 Å². The van der Waals surface area contributed by atoms with Crippen LogP contribution in [0.4, 0.5) is 10.1 Å². The maximum absolute atomic E-state index is 12.9. The number of hydrogen-bond donors (Lipinski definition) is 2. The molecule has 4 nitrogen and oxygen atoms in total. The molecule has 2 aromatic rings. The number of carbonyl (C=O) groups is 1. The fourth-order valence-electron chi connectivity index (χ4n) is 3.01. The third kappa shape index (κ3) is 4.54. The predicted molar refractivity (Wildman–Crippen MR) is 92.6 cm³/mol. The van der Waals surface area contributed by atoms with Gasteiger partial charge in [-0.3, -0.25) is 9.78 Å². The Hall–Kier alpha value is -2.43. The summed E-state index contributed by atoms with van der Waals surface area (Å²) in [6.45, 7) is 0.492. The Bertz CT molecular complexity index is 681. The molecule has 2 N–H and O–H groups in total. The van der Waals surface area contributed by atoms with Gasteiger partial charge < -0.3 is 10.6 Å². The van der Waals surface area contributed by atoms with Gasteiger partial charge in [0.1, 0.15) is 11.5 Å². The predicted octanol–water partition coefficient (Wildman–Crippen LogP) is 3.55. The zero-order valence-electron chi connectivity index (χ0n) is 13.6. The van der Waals surface area contributed by atoms with Crippen LogP contribution < -0.4 is 10.6 Å². The smallest absolute Gasteiger partial charge is 0.269 e. The van der Waals surface area contributed by atoms with E-state index in [9.17, 15) is 9.18 Å². The molecular formula is C19H22FN3O. The highest BCUT2D eigenvalue weighted by Crippen LogP contribution is 2.22. The molecule has 0 unspecified atom stereocenters. The molecule has 0 radical (unpaired) electrons. The first-order valence-corrected chi connectivity index (χ1v) is 8.46. The lowest BCUT2D eigenvalue weighted by atomic mass is 10.1. The number of anilines is 1. The highest BCUT2D eigenvalue weighted by Gasteiger charge is 2.15. The van der Waals surface area contributed by atoms with Gasteiger partial charge in [0.25, 0.3) is 5.91 Å². The van der Waals surface area contributed by atoms with Gasteiger partial charge in [0, 0.05) is 24.5 Å². The molecule has 3 rings (SSSR count). The van der Waals surface area contributed by atoms with Crippen LogP contribution in [0.15, 0.2) is 42.6 Å². The van der Waals surface area contributed by atoms with Crippen LogP contribution in [0.5, 0.6) is 0 Å². The molecule has 0 spiro atoms. The van der Waals surface area contributed by atoms with Gasteiger partial charge in [0.05, 0.1) is 0 Å². The van der Waals surface area contributed by atoms with E-state index in [4.69, 9.17) is 0 Å². The van der Waals surface area contributed by atoms with Gasteiger partial charge in [-0.05, 0) is 49.1 Å². The van der Waals surface area contributed by atoms with Crippen LogP contribution in [0.3, 0.4) is 0 Å². The first-order valence-electron chi connectivity index (χ1n) is 8.46. The summed E-state index contributed by atoms with van der Waals surface area (Å²) in [6.07, 6.45) is 7.21. The Labute approximate surface area is 141 Å². The van der Waals surface area contributed by atoms with Gasteiger partial charge in [-0.25, -0.2) is 4.39 Å². The molecule has 0 atom stereocenters. The number of amides is 1. The summed E-state index contributed by atoms with van der Waals surface area (Å²) in [5.74, 6) is -0.439. The van der Waals surface area contributed by atoms with Crippen LogP contribution in [-0.4, -0.2) is 23.5 Å². The van der Waals surface area contributed by atoms with Crippen LogP contribution in [0.25, 0.3) is 0 Å². The van der Waals surface area contributed by atoms with Crippen LogP contribution in [0.1, 0.15) is 41.7 Å². The largest absolute Gasteiger partial charge is 0.382 e. The van der Waals surface area contributed by atoms with Crippen molar-refractivity contribution < 1.29 is 9.18 Å². The van der Waals surface area contributed by atoms with Crippen LogP contribution in [0.2, 0.25) is 0 Å². The summed E-state index contributed by atoms with van der Waals surface area (Å²) in [5.41, 5.74) is 2.35. The van der Waals surface area contributed by atoms with E-state index in [0.717, 1.165) is 11.3 Å². The highest BCUT2D eigenvalue weighted by atomic mass is 19.1. The van der Waals surface area contributed by atoms with Crippen molar-refractivity contribution >= 4 is 11.6 Å². The van der Waals surface area contributed by atoms with Gasteiger partial charge in [-0.15, -0.1) is 0 Å². The van der Waals surface area contributed by atoms with E-state index in [1.807, 2.05) is 6.07 Å². The zero-order chi connectivity index (χ0) is 16.8. The Morgan fingerprint density at radius 1 is 1.17 bits per heavy atom. The maximum atomic E-state index is 12.9. The van der Waals surface area contributed by atoms with Crippen molar-refractivity contribution in [2.45, 2.75) is 38.1 Å². The normalized spacial score (nSPS) is 14.5. The highest BCUT2D eigenvalue weighted by molar-refractivity contribution is 5.93. The van der Waals surface area contributed by atoms with Crippen molar-refractivity contribution in [3.05, 3.63) is 59.7 Å². The van der Waals surface area contributed by atoms with Gasteiger partial charge in [-0.2, -0.15) is 0 Å². The second-order valence-electron chi connectivity index (χ2n) is 6.19. The van der Waals surface area contributed by atoms with E-state index in [1.54, 1.807) is 24.4 Å². The first kappa shape index (κ1) is 16.4. The van der Waals surface area contributed by atoms with E-state index in [-0.39, 0.29) is 11.7 Å². The molecule has 1 aliphatic rings. The summed E-state index contributed by atoms with van der Waals surface area (Å²) < 4.78 is 12.9. The number of carbonyl (C=O) groups excluding carboxylic acids is 1. The summed E-state index contributed by atoms with van der Waals surface area (Å²) in [4.78, 5) is 16.4. The van der Waals surface area contributed by atoms with Crippen LogP contribution >= 0.6 is 0 Å². The Balaban J connectivity index is 1.51.